The summed E-state index contributed by atoms with van der Waals surface area (Å²) in [7, 11) is 0. The average Bonchev–Trinajstić information content (AvgIpc) is 3.64. The molecule has 31 heavy (non-hydrogen) atoms. The number of rotatable bonds is 5. The Morgan fingerprint density at radius 3 is 2.55 bits per heavy atom. The molecule has 0 bridgehead atoms. The molecule has 2 saturated carbocycles. The maximum Gasteiger partial charge on any atom is 0.341 e. The van der Waals surface area contributed by atoms with Gasteiger partial charge >= 0.3 is 5.97 Å². The van der Waals surface area contributed by atoms with E-state index in [0.29, 0.717) is 35.8 Å². The minimum atomic E-state index is -1.45. The third kappa shape index (κ3) is 3.09. The van der Waals surface area contributed by atoms with Crippen LogP contribution in [0.15, 0.2) is 11.0 Å². The van der Waals surface area contributed by atoms with E-state index >= 15 is 4.39 Å². The Kier molecular flexibility index (Phi) is 4.51. The molecule has 5 rings (SSSR count). The second-order valence-corrected chi connectivity index (χ2v) is 9.24. The lowest BCUT2D eigenvalue weighted by Crippen LogP contribution is -2.34. The zero-order valence-corrected chi connectivity index (χ0v) is 17.3. The number of aryl methyl sites for hydroxylation is 1. The van der Waals surface area contributed by atoms with Gasteiger partial charge in [-0.25, -0.2) is 13.6 Å². The molecule has 0 amide bonds. The first-order valence-corrected chi connectivity index (χ1v) is 10.7. The number of hydrogen-bond donors (Lipinski definition) is 3. The number of carboxylic acid groups (broad SMARTS) is 1. The number of nitrogens with zero attached hydrogens (tertiary/aromatic N) is 2. The van der Waals surface area contributed by atoms with Gasteiger partial charge in [0, 0.05) is 31.7 Å². The van der Waals surface area contributed by atoms with Crippen LogP contribution in [0.25, 0.3) is 10.9 Å². The summed E-state index contributed by atoms with van der Waals surface area (Å²) in [4.78, 5) is 26.4. The number of hydrogen-bond acceptors (Lipinski definition) is 5. The Morgan fingerprint density at radius 1 is 1.29 bits per heavy atom. The van der Waals surface area contributed by atoms with Crippen LogP contribution in [-0.2, 0) is 0 Å². The fourth-order valence-corrected chi connectivity index (χ4v) is 5.18. The van der Waals surface area contributed by atoms with E-state index in [1.54, 1.807) is 6.92 Å². The van der Waals surface area contributed by atoms with Gasteiger partial charge in [-0.2, -0.15) is 0 Å². The number of halogens is 2. The first-order valence-electron chi connectivity index (χ1n) is 10.7. The molecule has 0 radical (unpaired) electrons. The predicted molar refractivity (Wildman–Crippen MR) is 114 cm³/mol. The van der Waals surface area contributed by atoms with Crippen molar-refractivity contribution in [3.63, 3.8) is 0 Å². The standard InChI is InChI=1S/C22H26F2N4O3/c1-9-19-15(21(29)12(22(30)31)8-28(19)14-6-13(14)23)18(26)16(24)20(9)27-5-4-11(7-27)17(25)10-2-3-10/h8,10-11,13-14,17H,2-7,25-26H2,1H3,(H,30,31)/t11-,13+,14-,17+/m1/s1. The molecule has 9 heteroatoms. The van der Waals surface area contributed by atoms with Gasteiger partial charge in [0.05, 0.1) is 28.3 Å². The van der Waals surface area contributed by atoms with Crippen molar-refractivity contribution in [2.45, 2.75) is 50.9 Å². The number of pyridine rings is 1. The summed E-state index contributed by atoms with van der Waals surface area (Å²) in [5.74, 6) is -1.40. The van der Waals surface area contributed by atoms with Crippen LogP contribution in [0.4, 0.5) is 20.2 Å². The third-order valence-corrected chi connectivity index (χ3v) is 7.18. The minimum absolute atomic E-state index is 0.0845. The van der Waals surface area contributed by atoms with Gasteiger partial charge in [0.15, 0.2) is 5.82 Å². The normalized spacial score (nSPS) is 26.5. The van der Waals surface area contributed by atoms with Gasteiger partial charge in [-0.3, -0.25) is 4.79 Å². The van der Waals surface area contributed by atoms with E-state index in [1.165, 1.54) is 10.8 Å². The summed E-state index contributed by atoms with van der Waals surface area (Å²) in [6.07, 6.45) is 3.35. The maximum absolute atomic E-state index is 15.5. The second kappa shape index (κ2) is 6.91. The van der Waals surface area contributed by atoms with Crippen molar-refractivity contribution in [1.82, 2.24) is 4.57 Å². The summed E-state index contributed by atoms with van der Waals surface area (Å²) in [5, 5.41) is 9.25. The molecule has 7 nitrogen and oxygen atoms in total. The first-order chi connectivity index (χ1) is 14.7. The minimum Gasteiger partial charge on any atom is -0.477 e. The molecule has 2 aromatic rings. The number of nitrogen functional groups attached to an aromatic ring is 1. The van der Waals surface area contributed by atoms with Crippen molar-refractivity contribution in [3.05, 3.63) is 33.4 Å². The van der Waals surface area contributed by atoms with Crippen LogP contribution < -0.4 is 21.8 Å². The molecule has 2 heterocycles. The summed E-state index contributed by atoms with van der Waals surface area (Å²) in [6, 6.07) is -0.506. The number of carbonyl (C=O) groups is 1. The van der Waals surface area contributed by atoms with E-state index in [0.717, 1.165) is 19.3 Å². The molecule has 1 aromatic heterocycles. The lowest BCUT2D eigenvalue weighted by atomic mass is 9.96. The molecule has 166 valence electrons. The molecule has 4 atom stereocenters. The van der Waals surface area contributed by atoms with Crippen molar-refractivity contribution in [1.29, 1.82) is 0 Å². The van der Waals surface area contributed by atoms with E-state index in [9.17, 15) is 19.1 Å². The monoisotopic (exact) mass is 432 g/mol. The Bertz CT molecular complexity index is 1160. The Balaban J connectivity index is 1.68. The fourth-order valence-electron chi connectivity index (χ4n) is 5.18. The number of benzene rings is 1. The maximum atomic E-state index is 15.5. The van der Waals surface area contributed by atoms with Crippen LogP contribution in [0.2, 0.25) is 0 Å². The van der Waals surface area contributed by atoms with Crippen LogP contribution in [0.1, 0.15) is 47.6 Å². The summed E-state index contributed by atoms with van der Waals surface area (Å²) in [5.41, 5.74) is 11.8. The van der Waals surface area contributed by atoms with Crippen molar-refractivity contribution in [2.24, 2.45) is 17.6 Å². The topological polar surface area (TPSA) is 115 Å². The highest BCUT2D eigenvalue weighted by Crippen LogP contribution is 2.45. The van der Waals surface area contributed by atoms with Crippen LogP contribution in [0.5, 0.6) is 0 Å². The number of carboxylic acids is 1. The molecule has 5 N–H and O–H groups in total. The van der Waals surface area contributed by atoms with Crippen molar-refractivity contribution >= 4 is 28.2 Å². The summed E-state index contributed by atoms with van der Waals surface area (Å²) in [6.45, 7) is 2.88. The third-order valence-electron chi connectivity index (χ3n) is 7.18. The highest BCUT2D eigenvalue weighted by molar-refractivity contribution is 6.01. The van der Waals surface area contributed by atoms with Crippen LogP contribution >= 0.6 is 0 Å². The van der Waals surface area contributed by atoms with Crippen LogP contribution in [-0.4, -0.2) is 40.9 Å². The van der Waals surface area contributed by atoms with E-state index in [-0.39, 0.29) is 29.5 Å². The van der Waals surface area contributed by atoms with Crippen molar-refractivity contribution in [2.75, 3.05) is 23.7 Å². The molecular weight excluding hydrogens is 406 g/mol. The molecule has 0 spiro atoms. The predicted octanol–water partition coefficient (Wildman–Crippen LogP) is 2.58. The van der Waals surface area contributed by atoms with Crippen molar-refractivity contribution in [3.8, 4) is 0 Å². The van der Waals surface area contributed by atoms with E-state index in [4.69, 9.17) is 11.5 Å². The molecule has 2 aliphatic carbocycles. The quantitative estimate of drug-likeness (QED) is 0.626. The number of anilines is 2. The zero-order valence-electron chi connectivity index (χ0n) is 17.3. The average molecular weight is 432 g/mol. The SMILES string of the molecule is Cc1c(N2CC[C@@H]([C@@H](N)C3CC3)C2)c(F)c(N)c2c(=O)c(C(=O)O)cn([C@@H]3C[C@@H]3F)c12. The Labute approximate surface area is 177 Å². The van der Waals surface area contributed by atoms with Crippen molar-refractivity contribution < 1.29 is 18.7 Å². The van der Waals surface area contributed by atoms with Gasteiger partial charge in [-0.15, -0.1) is 0 Å². The van der Waals surface area contributed by atoms with Gasteiger partial charge in [0.1, 0.15) is 11.7 Å². The second-order valence-electron chi connectivity index (χ2n) is 9.24. The fraction of sp³-hybridized carbons (Fsp3) is 0.545. The zero-order chi connectivity index (χ0) is 22.2. The molecule has 3 fully saturated rings. The smallest absolute Gasteiger partial charge is 0.341 e. The number of alkyl halides is 1. The molecule has 1 aliphatic heterocycles. The number of nitrogens with two attached hydrogens (primary N) is 2. The molecular formula is C22H26F2N4O3. The lowest BCUT2D eigenvalue weighted by Gasteiger charge is -2.26. The van der Waals surface area contributed by atoms with E-state index in [2.05, 4.69) is 0 Å². The number of aromatic carboxylic acids is 1. The highest BCUT2D eigenvalue weighted by atomic mass is 19.1. The van der Waals surface area contributed by atoms with E-state index in [1.807, 2.05) is 4.90 Å². The lowest BCUT2D eigenvalue weighted by molar-refractivity contribution is 0.0694. The Hall–Kier alpha value is -2.68. The molecule has 3 aliphatic rings. The number of aromatic nitrogens is 1. The molecule has 1 aromatic carbocycles. The first kappa shape index (κ1) is 20.2. The molecule has 0 unspecified atom stereocenters. The number of fused-ring (bicyclic) bond motifs is 1. The van der Waals surface area contributed by atoms with Gasteiger partial charge in [-0.05, 0) is 43.6 Å². The summed E-state index contributed by atoms with van der Waals surface area (Å²) < 4.78 is 31.0. The van der Waals surface area contributed by atoms with Crippen LogP contribution in [0.3, 0.4) is 0 Å². The molecule has 1 saturated heterocycles. The Morgan fingerprint density at radius 2 is 1.97 bits per heavy atom. The highest BCUT2D eigenvalue weighted by Gasteiger charge is 2.42. The van der Waals surface area contributed by atoms with Gasteiger partial charge in [0.2, 0.25) is 5.43 Å². The summed E-state index contributed by atoms with van der Waals surface area (Å²) >= 11 is 0. The van der Waals surface area contributed by atoms with Gasteiger partial charge in [-0.1, -0.05) is 0 Å². The van der Waals surface area contributed by atoms with Gasteiger partial charge in [0.25, 0.3) is 0 Å². The van der Waals surface area contributed by atoms with E-state index < -0.39 is 35.0 Å². The van der Waals surface area contributed by atoms with Crippen LogP contribution in [0, 0.1) is 24.6 Å². The van der Waals surface area contributed by atoms with Gasteiger partial charge < -0.3 is 26.0 Å². The largest absolute Gasteiger partial charge is 0.477 e.